The van der Waals surface area contributed by atoms with Crippen LogP contribution in [0.25, 0.3) is 0 Å². The van der Waals surface area contributed by atoms with E-state index in [-0.39, 0.29) is 24.7 Å². The molecule has 0 aliphatic carbocycles. The van der Waals surface area contributed by atoms with E-state index in [4.69, 9.17) is 4.74 Å². The maximum Gasteiger partial charge on any atom is 0.240 e. The van der Waals surface area contributed by atoms with Crippen molar-refractivity contribution < 1.29 is 14.3 Å². The first-order valence-corrected chi connectivity index (χ1v) is 10.0. The van der Waals surface area contributed by atoms with Gasteiger partial charge >= 0.3 is 0 Å². The molecule has 0 radical (unpaired) electrons. The Labute approximate surface area is 182 Å². The number of hydrogen-bond donors (Lipinski definition) is 2. The molecule has 0 fully saturated rings. The summed E-state index contributed by atoms with van der Waals surface area (Å²) in [7, 11) is 0. The zero-order valence-electron chi connectivity index (χ0n) is 17.4. The van der Waals surface area contributed by atoms with Gasteiger partial charge in [0.05, 0.1) is 6.21 Å². The fourth-order valence-electron chi connectivity index (χ4n) is 2.83. The molecule has 2 N–H and O–H groups in total. The fourth-order valence-corrected chi connectivity index (χ4v) is 2.83. The number of carbonyl (C=O) groups is 2. The van der Waals surface area contributed by atoms with E-state index >= 15 is 0 Å². The highest BCUT2D eigenvalue weighted by atomic mass is 16.5. The van der Waals surface area contributed by atoms with E-state index in [1.807, 2.05) is 54.6 Å². The Bertz CT molecular complexity index is 1030. The molecule has 0 heterocycles. The van der Waals surface area contributed by atoms with Gasteiger partial charge in [0.25, 0.3) is 0 Å². The second-order valence-corrected chi connectivity index (χ2v) is 7.05. The van der Waals surface area contributed by atoms with Crippen LogP contribution in [0.15, 0.2) is 84.0 Å². The Balaban J connectivity index is 1.38. The van der Waals surface area contributed by atoms with Crippen molar-refractivity contribution in [2.24, 2.45) is 5.10 Å². The van der Waals surface area contributed by atoms with Crippen LogP contribution >= 0.6 is 0 Å². The van der Waals surface area contributed by atoms with Crippen molar-refractivity contribution in [1.82, 2.24) is 5.43 Å². The monoisotopic (exact) mass is 415 g/mol. The van der Waals surface area contributed by atoms with Gasteiger partial charge in [-0.25, -0.2) is 5.43 Å². The maximum absolute atomic E-state index is 11.9. The average molecular weight is 415 g/mol. The molecule has 0 saturated heterocycles. The molecule has 3 aromatic rings. The molecule has 0 spiro atoms. The number of hydrazone groups is 1. The minimum absolute atomic E-state index is 0.0573. The van der Waals surface area contributed by atoms with Crippen LogP contribution in [0.4, 0.5) is 5.69 Å². The number of nitrogens with zero attached hydrogens (tertiary/aromatic N) is 1. The summed E-state index contributed by atoms with van der Waals surface area (Å²) < 4.78 is 5.79. The van der Waals surface area contributed by atoms with E-state index < -0.39 is 0 Å². The Hall–Kier alpha value is -3.93. The standard InChI is InChI=1S/C25H25N3O3/c1-19-6-5-7-21(16-19)18-31-23-12-10-20(11-13-23)17-26-28-25(30)15-14-24(29)27-22-8-3-2-4-9-22/h2-13,16-17H,14-15,18H2,1H3,(H,27,29)(H,28,30). The van der Waals surface area contributed by atoms with Gasteiger partial charge < -0.3 is 10.1 Å². The summed E-state index contributed by atoms with van der Waals surface area (Å²) in [6, 6.07) is 24.7. The molecule has 6 heteroatoms. The Morgan fingerprint density at radius 1 is 0.903 bits per heavy atom. The molecular formula is C25H25N3O3. The highest BCUT2D eigenvalue weighted by Gasteiger charge is 2.06. The Kier molecular flexibility index (Phi) is 7.94. The van der Waals surface area contributed by atoms with Crippen molar-refractivity contribution in [3.63, 3.8) is 0 Å². The molecule has 2 amide bonds. The predicted octanol–water partition coefficient (Wildman–Crippen LogP) is 4.44. The van der Waals surface area contributed by atoms with Gasteiger partial charge in [-0.15, -0.1) is 0 Å². The van der Waals surface area contributed by atoms with Crippen molar-refractivity contribution in [2.75, 3.05) is 5.32 Å². The summed E-state index contributed by atoms with van der Waals surface area (Å²) in [6.07, 6.45) is 1.69. The van der Waals surface area contributed by atoms with Crippen LogP contribution in [0.1, 0.15) is 29.5 Å². The van der Waals surface area contributed by atoms with Gasteiger partial charge in [0.1, 0.15) is 12.4 Å². The zero-order chi connectivity index (χ0) is 21.9. The highest BCUT2D eigenvalue weighted by molar-refractivity contribution is 5.93. The van der Waals surface area contributed by atoms with Crippen molar-refractivity contribution in [1.29, 1.82) is 0 Å². The predicted molar refractivity (Wildman–Crippen MR) is 122 cm³/mol. The van der Waals surface area contributed by atoms with Crippen LogP contribution < -0.4 is 15.5 Å². The van der Waals surface area contributed by atoms with E-state index in [9.17, 15) is 9.59 Å². The minimum atomic E-state index is -0.322. The molecule has 0 saturated carbocycles. The van der Waals surface area contributed by atoms with E-state index in [2.05, 4.69) is 34.9 Å². The van der Waals surface area contributed by atoms with Gasteiger partial charge in [-0.05, 0) is 54.4 Å². The van der Waals surface area contributed by atoms with Crippen LogP contribution in [-0.2, 0) is 16.2 Å². The van der Waals surface area contributed by atoms with Crippen molar-refractivity contribution in [3.05, 3.63) is 95.6 Å². The Morgan fingerprint density at radius 2 is 1.65 bits per heavy atom. The second-order valence-electron chi connectivity index (χ2n) is 7.05. The van der Waals surface area contributed by atoms with Crippen molar-refractivity contribution >= 4 is 23.7 Å². The summed E-state index contributed by atoms with van der Waals surface area (Å²) in [5.41, 5.74) is 6.28. The van der Waals surface area contributed by atoms with Gasteiger partial charge in [0.2, 0.25) is 11.8 Å². The minimum Gasteiger partial charge on any atom is -0.489 e. The number of nitrogens with one attached hydrogen (secondary N) is 2. The van der Waals surface area contributed by atoms with Gasteiger partial charge in [-0.2, -0.15) is 5.10 Å². The van der Waals surface area contributed by atoms with E-state index in [1.54, 1.807) is 18.3 Å². The molecule has 31 heavy (non-hydrogen) atoms. The summed E-state index contributed by atoms with van der Waals surface area (Å²) >= 11 is 0. The molecule has 0 unspecified atom stereocenters. The first kappa shape index (κ1) is 21.8. The maximum atomic E-state index is 11.9. The summed E-state index contributed by atoms with van der Waals surface area (Å²) in [5, 5.41) is 6.68. The lowest BCUT2D eigenvalue weighted by atomic mass is 10.1. The van der Waals surface area contributed by atoms with Crippen molar-refractivity contribution in [2.45, 2.75) is 26.4 Å². The number of benzene rings is 3. The third kappa shape index (κ3) is 7.78. The average Bonchev–Trinajstić information content (AvgIpc) is 2.78. The number of aryl methyl sites for hydroxylation is 1. The number of hydrogen-bond acceptors (Lipinski definition) is 4. The normalized spacial score (nSPS) is 10.6. The molecule has 0 bridgehead atoms. The van der Waals surface area contributed by atoms with Crippen molar-refractivity contribution in [3.8, 4) is 5.75 Å². The summed E-state index contributed by atoms with van der Waals surface area (Å²) in [6.45, 7) is 2.55. The van der Waals surface area contributed by atoms with Gasteiger partial charge in [-0.1, -0.05) is 48.0 Å². The number of para-hydroxylation sites is 1. The number of amides is 2. The SMILES string of the molecule is Cc1cccc(COc2ccc(C=NNC(=O)CCC(=O)Nc3ccccc3)cc2)c1. The van der Waals surface area contributed by atoms with Gasteiger partial charge in [0.15, 0.2) is 0 Å². The second kappa shape index (κ2) is 11.3. The number of anilines is 1. The molecule has 3 rings (SSSR count). The quantitative estimate of drug-likeness (QED) is 0.400. The third-order valence-electron chi connectivity index (χ3n) is 4.41. The molecule has 0 atom stereocenters. The molecular weight excluding hydrogens is 390 g/mol. The van der Waals surface area contributed by atoms with E-state index in [0.29, 0.717) is 12.3 Å². The third-order valence-corrected chi connectivity index (χ3v) is 4.41. The van der Waals surface area contributed by atoms with Crippen LogP contribution in [0.2, 0.25) is 0 Å². The lowest BCUT2D eigenvalue weighted by molar-refractivity contribution is -0.124. The molecule has 0 aromatic heterocycles. The van der Waals surface area contributed by atoms with Gasteiger partial charge in [-0.3, -0.25) is 9.59 Å². The lowest BCUT2D eigenvalue weighted by Crippen LogP contribution is -2.20. The summed E-state index contributed by atoms with van der Waals surface area (Å²) in [4.78, 5) is 23.7. The van der Waals surface area contributed by atoms with Gasteiger partial charge in [0, 0.05) is 18.5 Å². The summed E-state index contributed by atoms with van der Waals surface area (Å²) in [5.74, 6) is 0.219. The first-order chi connectivity index (χ1) is 15.1. The molecule has 158 valence electrons. The molecule has 3 aromatic carbocycles. The molecule has 0 aliphatic rings. The fraction of sp³-hybridized carbons (Fsp3) is 0.160. The lowest BCUT2D eigenvalue weighted by Gasteiger charge is -2.07. The highest BCUT2D eigenvalue weighted by Crippen LogP contribution is 2.14. The van der Waals surface area contributed by atoms with E-state index in [0.717, 1.165) is 16.9 Å². The first-order valence-electron chi connectivity index (χ1n) is 10.0. The Morgan fingerprint density at radius 3 is 2.39 bits per heavy atom. The topological polar surface area (TPSA) is 79.8 Å². The van der Waals surface area contributed by atoms with Crippen LogP contribution in [0.5, 0.6) is 5.75 Å². The van der Waals surface area contributed by atoms with E-state index in [1.165, 1.54) is 5.56 Å². The number of carbonyl (C=O) groups excluding carboxylic acids is 2. The molecule has 6 nitrogen and oxygen atoms in total. The smallest absolute Gasteiger partial charge is 0.240 e. The van der Waals surface area contributed by atoms with Crippen LogP contribution in [0, 0.1) is 6.92 Å². The number of rotatable bonds is 9. The van der Waals surface area contributed by atoms with Crippen LogP contribution in [-0.4, -0.2) is 18.0 Å². The largest absolute Gasteiger partial charge is 0.489 e. The number of ether oxygens (including phenoxy) is 1. The zero-order valence-corrected chi connectivity index (χ0v) is 17.4. The molecule has 0 aliphatic heterocycles. The van der Waals surface area contributed by atoms with Crippen LogP contribution in [0.3, 0.4) is 0 Å².